The maximum absolute atomic E-state index is 6.06. The van der Waals surface area contributed by atoms with Crippen LogP contribution < -0.4 is 4.90 Å². The Morgan fingerprint density at radius 2 is 2.33 bits per heavy atom. The van der Waals surface area contributed by atoms with E-state index >= 15 is 0 Å². The second kappa shape index (κ2) is 6.34. The Labute approximate surface area is 113 Å². The molecule has 1 aromatic rings. The third kappa shape index (κ3) is 3.33. The molecule has 0 radical (unpaired) electrons. The predicted octanol–water partition coefficient (Wildman–Crippen LogP) is 2.56. The molecule has 0 aromatic carbocycles. The number of rotatable bonds is 5. The molecule has 0 amide bonds. The highest BCUT2D eigenvalue weighted by Crippen LogP contribution is 2.24. The molecule has 0 saturated carbocycles. The van der Waals surface area contributed by atoms with Crippen LogP contribution in [0.3, 0.4) is 0 Å². The molecule has 18 heavy (non-hydrogen) atoms. The average Bonchev–Trinajstić information content (AvgIpc) is 2.78. The van der Waals surface area contributed by atoms with Crippen molar-refractivity contribution in [2.75, 3.05) is 31.7 Å². The van der Waals surface area contributed by atoms with Crippen LogP contribution in [0.15, 0.2) is 6.07 Å². The van der Waals surface area contributed by atoms with Gasteiger partial charge in [0.05, 0.1) is 6.61 Å². The summed E-state index contributed by atoms with van der Waals surface area (Å²) in [6.07, 6.45) is 3.06. The number of aromatic nitrogens is 2. The van der Waals surface area contributed by atoms with E-state index in [4.69, 9.17) is 16.3 Å². The summed E-state index contributed by atoms with van der Waals surface area (Å²) in [4.78, 5) is 11.1. The van der Waals surface area contributed by atoms with Gasteiger partial charge in [-0.25, -0.2) is 9.97 Å². The highest BCUT2D eigenvalue weighted by atomic mass is 35.5. The monoisotopic (exact) mass is 269 g/mol. The number of aryl methyl sites for hydroxylation is 1. The Kier molecular flexibility index (Phi) is 4.78. The van der Waals surface area contributed by atoms with Crippen LogP contribution >= 0.6 is 11.6 Å². The van der Waals surface area contributed by atoms with Crippen LogP contribution in [0.25, 0.3) is 0 Å². The molecule has 1 aliphatic rings. The minimum Gasteiger partial charge on any atom is -0.384 e. The predicted molar refractivity (Wildman–Crippen MR) is 73.2 cm³/mol. The van der Waals surface area contributed by atoms with Crippen LogP contribution in [-0.2, 0) is 11.2 Å². The first-order valence-corrected chi connectivity index (χ1v) is 6.88. The van der Waals surface area contributed by atoms with Gasteiger partial charge < -0.3 is 9.64 Å². The smallest absolute Gasteiger partial charge is 0.134 e. The Morgan fingerprint density at radius 1 is 1.50 bits per heavy atom. The molecule has 1 aromatic heterocycles. The number of anilines is 1. The Balaban J connectivity index is 2.08. The highest BCUT2D eigenvalue weighted by molar-refractivity contribution is 6.29. The van der Waals surface area contributed by atoms with Gasteiger partial charge in [-0.1, -0.05) is 18.5 Å². The third-order valence-electron chi connectivity index (χ3n) is 3.21. The lowest BCUT2D eigenvalue weighted by Crippen LogP contribution is -2.22. The molecule has 2 heterocycles. The maximum atomic E-state index is 6.06. The summed E-state index contributed by atoms with van der Waals surface area (Å²) in [6, 6.07) is 1.86. The van der Waals surface area contributed by atoms with Crippen molar-refractivity contribution >= 4 is 17.4 Å². The molecule has 5 heteroatoms. The maximum Gasteiger partial charge on any atom is 0.134 e. The lowest BCUT2D eigenvalue weighted by Gasteiger charge is -2.18. The summed E-state index contributed by atoms with van der Waals surface area (Å²) in [7, 11) is 1.75. The normalized spacial score (nSPS) is 19.5. The van der Waals surface area contributed by atoms with Gasteiger partial charge in [-0.2, -0.15) is 0 Å². The van der Waals surface area contributed by atoms with E-state index in [9.17, 15) is 0 Å². The van der Waals surface area contributed by atoms with Crippen molar-refractivity contribution in [1.29, 1.82) is 0 Å². The summed E-state index contributed by atoms with van der Waals surface area (Å²) in [5, 5.41) is 0.540. The largest absolute Gasteiger partial charge is 0.384 e. The molecule has 1 saturated heterocycles. The fraction of sp³-hybridized carbons (Fsp3) is 0.692. The van der Waals surface area contributed by atoms with E-state index in [1.807, 2.05) is 6.07 Å². The van der Waals surface area contributed by atoms with E-state index < -0.39 is 0 Å². The number of hydrogen-bond acceptors (Lipinski definition) is 4. The van der Waals surface area contributed by atoms with Crippen molar-refractivity contribution in [2.45, 2.75) is 26.2 Å². The second-order valence-electron chi connectivity index (χ2n) is 4.77. The van der Waals surface area contributed by atoms with E-state index in [1.165, 1.54) is 0 Å². The zero-order chi connectivity index (χ0) is 13.0. The zero-order valence-corrected chi connectivity index (χ0v) is 11.8. The molecule has 100 valence electrons. The van der Waals surface area contributed by atoms with Gasteiger partial charge in [-0.05, 0) is 12.8 Å². The molecular weight excluding hydrogens is 250 g/mol. The molecule has 0 spiro atoms. The molecule has 0 bridgehead atoms. The first kappa shape index (κ1) is 13.6. The molecule has 2 rings (SSSR count). The minimum absolute atomic E-state index is 0.540. The van der Waals surface area contributed by atoms with E-state index in [0.717, 1.165) is 50.6 Å². The standard InChI is InChI=1S/C13H20ClN3O/c1-3-4-12-15-11(14)7-13(16-12)17-6-5-10(8-17)9-18-2/h7,10H,3-6,8-9H2,1-2H3. The van der Waals surface area contributed by atoms with Crippen molar-refractivity contribution < 1.29 is 4.74 Å². The fourth-order valence-electron chi connectivity index (χ4n) is 2.36. The van der Waals surface area contributed by atoms with E-state index in [1.54, 1.807) is 7.11 Å². The summed E-state index contributed by atoms with van der Waals surface area (Å²) < 4.78 is 5.21. The lowest BCUT2D eigenvalue weighted by molar-refractivity contribution is 0.161. The summed E-state index contributed by atoms with van der Waals surface area (Å²) in [5.41, 5.74) is 0. The van der Waals surface area contributed by atoms with Gasteiger partial charge in [0.25, 0.3) is 0 Å². The molecule has 1 fully saturated rings. The third-order valence-corrected chi connectivity index (χ3v) is 3.41. The van der Waals surface area contributed by atoms with Crippen LogP contribution in [0, 0.1) is 5.92 Å². The van der Waals surface area contributed by atoms with Gasteiger partial charge in [0, 0.05) is 38.6 Å². The SMILES string of the molecule is CCCc1nc(Cl)cc(N2CCC(COC)C2)n1. The minimum atomic E-state index is 0.540. The van der Waals surface area contributed by atoms with Crippen LogP contribution in [-0.4, -0.2) is 36.8 Å². The van der Waals surface area contributed by atoms with Crippen LogP contribution in [0.2, 0.25) is 5.15 Å². The lowest BCUT2D eigenvalue weighted by atomic mass is 10.1. The summed E-state index contributed by atoms with van der Waals surface area (Å²) in [5.74, 6) is 2.39. The summed E-state index contributed by atoms with van der Waals surface area (Å²) >= 11 is 6.06. The molecule has 0 N–H and O–H groups in total. The second-order valence-corrected chi connectivity index (χ2v) is 5.16. The molecule has 1 unspecified atom stereocenters. The van der Waals surface area contributed by atoms with Gasteiger partial charge >= 0.3 is 0 Å². The number of nitrogens with zero attached hydrogens (tertiary/aromatic N) is 3. The number of hydrogen-bond donors (Lipinski definition) is 0. The van der Waals surface area contributed by atoms with Crippen molar-refractivity contribution in [3.05, 3.63) is 17.0 Å². The van der Waals surface area contributed by atoms with E-state index in [0.29, 0.717) is 11.1 Å². The Hall–Kier alpha value is -0.870. The first-order chi connectivity index (χ1) is 8.72. The molecule has 1 atom stereocenters. The zero-order valence-electron chi connectivity index (χ0n) is 11.0. The van der Waals surface area contributed by atoms with Gasteiger partial charge in [0.2, 0.25) is 0 Å². The number of methoxy groups -OCH3 is 1. The fourth-order valence-corrected chi connectivity index (χ4v) is 2.56. The molecule has 0 aliphatic carbocycles. The average molecular weight is 270 g/mol. The Bertz CT molecular complexity index is 400. The number of halogens is 1. The topological polar surface area (TPSA) is 38.2 Å². The molecule has 1 aliphatic heterocycles. The summed E-state index contributed by atoms with van der Waals surface area (Å²) in [6.45, 7) is 4.95. The molecular formula is C13H20ClN3O. The van der Waals surface area contributed by atoms with Gasteiger partial charge in [-0.15, -0.1) is 0 Å². The number of ether oxygens (including phenoxy) is 1. The van der Waals surface area contributed by atoms with Gasteiger partial charge in [0.1, 0.15) is 16.8 Å². The van der Waals surface area contributed by atoms with Crippen molar-refractivity contribution in [2.24, 2.45) is 5.92 Å². The van der Waals surface area contributed by atoms with Gasteiger partial charge in [0.15, 0.2) is 0 Å². The Morgan fingerprint density at radius 3 is 3.06 bits per heavy atom. The van der Waals surface area contributed by atoms with E-state index in [2.05, 4.69) is 21.8 Å². The van der Waals surface area contributed by atoms with Crippen molar-refractivity contribution in [3.8, 4) is 0 Å². The van der Waals surface area contributed by atoms with Crippen molar-refractivity contribution in [1.82, 2.24) is 9.97 Å². The van der Waals surface area contributed by atoms with Crippen LogP contribution in [0.5, 0.6) is 0 Å². The molecule has 4 nitrogen and oxygen atoms in total. The van der Waals surface area contributed by atoms with Crippen LogP contribution in [0.4, 0.5) is 5.82 Å². The highest BCUT2D eigenvalue weighted by Gasteiger charge is 2.23. The van der Waals surface area contributed by atoms with E-state index in [-0.39, 0.29) is 0 Å². The van der Waals surface area contributed by atoms with Gasteiger partial charge in [-0.3, -0.25) is 0 Å². The van der Waals surface area contributed by atoms with Crippen LogP contribution in [0.1, 0.15) is 25.6 Å². The first-order valence-electron chi connectivity index (χ1n) is 6.50. The van der Waals surface area contributed by atoms with Crippen molar-refractivity contribution in [3.63, 3.8) is 0 Å². The quantitative estimate of drug-likeness (QED) is 0.770.